The number of nitrogens with zero attached hydrogens (tertiary/aromatic N) is 1. The minimum absolute atomic E-state index is 0.324. The first kappa shape index (κ1) is 17.5. The van der Waals surface area contributed by atoms with Crippen molar-refractivity contribution in [2.24, 2.45) is 5.92 Å². The molecule has 2 aromatic carbocycles. The molecule has 2 aromatic rings. The summed E-state index contributed by atoms with van der Waals surface area (Å²) in [6.07, 6.45) is 3.91. The van der Waals surface area contributed by atoms with Crippen LogP contribution < -0.4 is 10.9 Å². The second kappa shape index (κ2) is 7.77. The molecule has 4 heteroatoms. The van der Waals surface area contributed by atoms with Gasteiger partial charge in [0, 0.05) is 38.0 Å². The van der Waals surface area contributed by atoms with Crippen molar-refractivity contribution in [1.82, 2.24) is 15.8 Å². The first-order valence-electron chi connectivity index (χ1n) is 10.0. The summed E-state index contributed by atoms with van der Waals surface area (Å²) < 4.78 is 0. The Morgan fingerprint density at radius 1 is 1.19 bits per heavy atom. The van der Waals surface area contributed by atoms with Crippen molar-refractivity contribution in [3.63, 3.8) is 0 Å². The normalized spacial score (nSPS) is 26.3. The Balaban J connectivity index is 1.57. The van der Waals surface area contributed by atoms with Gasteiger partial charge >= 0.3 is 0 Å². The van der Waals surface area contributed by atoms with Crippen LogP contribution >= 0.6 is 0 Å². The van der Waals surface area contributed by atoms with E-state index in [1.807, 2.05) is 0 Å². The minimum atomic E-state index is 0.324. The van der Waals surface area contributed by atoms with Crippen molar-refractivity contribution < 1.29 is 4.79 Å². The van der Waals surface area contributed by atoms with Crippen LogP contribution in [-0.4, -0.2) is 36.5 Å². The van der Waals surface area contributed by atoms with Gasteiger partial charge in [0.05, 0.1) is 0 Å². The molecule has 2 fully saturated rings. The van der Waals surface area contributed by atoms with Crippen molar-refractivity contribution in [3.8, 4) is 0 Å². The molecule has 2 aliphatic heterocycles. The molecule has 1 amide bonds. The standard InChI is InChI=1S/C22H29N3O/c1-2-7-21(26)25-13-6-10-17(15-25)22-20(14-23-24-22)19-12-5-9-16-8-3-4-11-18(16)19/h3-5,8-9,11-12,17,20,22-24H,2,6-7,10,13-15H2,1H3. The Morgan fingerprint density at radius 3 is 2.92 bits per heavy atom. The monoisotopic (exact) mass is 351 g/mol. The first-order chi connectivity index (χ1) is 12.8. The molecule has 3 atom stereocenters. The second-order valence-corrected chi connectivity index (χ2v) is 7.72. The van der Waals surface area contributed by atoms with Crippen LogP contribution in [0.2, 0.25) is 0 Å². The molecule has 2 N–H and O–H groups in total. The number of amides is 1. The number of carbonyl (C=O) groups is 1. The maximum atomic E-state index is 12.4. The topological polar surface area (TPSA) is 44.4 Å². The molecule has 0 radical (unpaired) electrons. The fraction of sp³-hybridized carbons (Fsp3) is 0.500. The SMILES string of the molecule is CCCC(=O)N1CCCC(C2NNCC2c2cccc3ccccc23)C1. The molecular formula is C22H29N3O. The predicted molar refractivity (Wildman–Crippen MR) is 106 cm³/mol. The van der Waals surface area contributed by atoms with E-state index in [4.69, 9.17) is 0 Å². The number of benzene rings is 2. The van der Waals surface area contributed by atoms with Gasteiger partial charge in [-0.3, -0.25) is 15.6 Å². The molecule has 2 saturated heterocycles. The Bertz CT molecular complexity index is 770. The summed E-state index contributed by atoms with van der Waals surface area (Å²) in [6, 6.07) is 15.7. The maximum Gasteiger partial charge on any atom is 0.222 e. The van der Waals surface area contributed by atoms with E-state index in [0.29, 0.717) is 30.2 Å². The van der Waals surface area contributed by atoms with Gasteiger partial charge in [-0.05, 0) is 41.5 Å². The van der Waals surface area contributed by atoms with E-state index in [-0.39, 0.29) is 0 Å². The minimum Gasteiger partial charge on any atom is -0.342 e. The lowest BCUT2D eigenvalue weighted by molar-refractivity contribution is -0.133. The molecule has 4 rings (SSSR count). The van der Waals surface area contributed by atoms with Crippen molar-refractivity contribution in [3.05, 3.63) is 48.0 Å². The zero-order chi connectivity index (χ0) is 17.9. The number of hydrogen-bond donors (Lipinski definition) is 2. The molecule has 4 nitrogen and oxygen atoms in total. The highest BCUT2D eigenvalue weighted by Gasteiger charge is 2.37. The quantitative estimate of drug-likeness (QED) is 0.887. The number of hydrogen-bond acceptors (Lipinski definition) is 3. The van der Waals surface area contributed by atoms with Crippen LogP contribution in [0.1, 0.15) is 44.1 Å². The molecule has 2 aliphatic rings. The van der Waals surface area contributed by atoms with Crippen molar-refractivity contribution in [1.29, 1.82) is 0 Å². The average Bonchev–Trinajstić information content (AvgIpc) is 3.17. The molecule has 2 heterocycles. The van der Waals surface area contributed by atoms with Gasteiger partial charge in [0.2, 0.25) is 5.91 Å². The van der Waals surface area contributed by atoms with Crippen molar-refractivity contribution in [2.45, 2.75) is 44.6 Å². The van der Waals surface area contributed by atoms with E-state index in [1.165, 1.54) is 22.8 Å². The van der Waals surface area contributed by atoms with E-state index >= 15 is 0 Å². The third-order valence-corrected chi connectivity index (χ3v) is 6.03. The van der Waals surface area contributed by atoms with E-state index in [0.717, 1.165) is 32.5 Å². The van der Waals surface area contributed by atoms with Gasteiger partial charge in [-0.25, -0.2) is 0 Å². The van der Waals surface area contributed by atoms with Gasteiger partial charge in [0.1, 0.15) is 0 Å². The van der Waals surface area contributed by atoms with Crippen LogP contribution in [0.5, 0.6) is 0 Å². The lowest BCUT2D eigenvalue weighted by Gasteiger charge is -2.37. The molecule has 0 spiro atoms. The molecule has 0 saturated carbocycles. The molecule has 0 aromatic heterocycles. The number of fused-ring (bicyclic) bond motifs is 1. The smallest absolute Gasteiger partial charge is 0.222 e. The number of piperidine rings is 1. The van der Waals surface area contributed by atoms with Crippen LogP contribution in [0.4, 0.5) is 0 Å². The van der Waals surface area contributed by atoms with E-state index in [9.17, 15) is 4.79 Å². The highest BCUT2D eigenvalue weighted by molar-refractivity contribution is 5.86. The van der Waals surface area contributed by atoms with Gasteiger partial charge < -0.3 is 4.90 Å². The predicted octanol–water partition coefficient (Wildman–Crippen LogP) is 3.44. The second-order valence-electron chi connectivity index (χ2n) is 7.72. The van der Waals surface area contributed by atoms with Gasteiger partial charge in [-0.15, -0.1) is 0 Å². The molecular weight excluding hydrogens is 322 g/mol. The fourth-order valence-electron chi connectivity index (χ4n) is 4.74. The Morgan fingerprint density at radius 2 is 2.04 bits per heavy atom. The molecule has 0 aliphatic carbocycles. The average molecular weight is 351 g/mol. The van der Waals surface area contributed by atoms with E-state index in [2.05, 4.69) is 65.1 Å². The van der Waals surface area contributed by atoms with Crippen molar-refractivity contribution in [2.75, 3.05) is 19.6 Å². The summed E-state index contributed by atoms with van der Waals surface area (Å²) in [5, 5.41) is 2.66. The largest absolute Gasteiger partial charge is 0.342 e. The molecule has 3 unspecified atom stereocenters. The summed E-state index contributed by atoms with van der Waals surface area (Å²) in [5.41, 5.74) is 8.36. The van der Waals surface area contributed by atoms with Gasteiger partial charge in [-0.1, -0.05) is 49.4 Å². The highest BCUT2D eigenvalue weighted by Crippen LogP contribution is 2.35. The van der Waals surface area contributed by atoms with Crippen LogP contribution in [0.25, 0.3) is 10.8 Å². The third kappa shape index (κ3) is 3.36. The van der Waals surface area contributed by atoms with Gasteiger partial charge in [-0.2, -0.15) is 0 Å². The number of likely N-dealkylation sites (tertiary alicyclic amines) is 1. The Kier molecular flexibility index (Phi) is 5.23. The number of nitrogens with one attached hydrogen (secondary N) is 2. The zero-order valence-corrected chi connectivity index (χ0v) is 15.6. The van der Waals surface area contributed by atoms with Gasteiger partial charge in [0.15, 0.2) is 0 Å². The summed E-state index contributed by atoms with van der Waals surface area (Å²) in [7, 11) is 0. The molecule has 26 heavy (non-hydrogen) atoms. The molecule has 138 valence electrons. The Labute approximate surface area is 155 Å². The van der Waals surface area contributed by atoms with Crippen LogP contribution in [0.3, 0.4) is 0 Å². The van der Waals surface area contributed by atoms with Gasteiger partial charge in [0.25, 0.3) is 0 Å². The Hall–Kier alpha value is -1.91. The van der Waals surface area contributed by atoms with Crippen LogP contribution in [-0.2, 0) is 4.79 Å². The highest BCUT2D eigenvalue weighted by atomic mass is 16.2. The number of rotatable bonds is 4. The molecule has 0 bridgehead atoms. The number of carbonyl (C=O) groups excluding carboxylic acids is 1. The summed E-state index contributed by atoms with van der Waals surface area (Å²) in [5.74, 6) is 1.26. The first-order valence-corrected chi connectivity index (χ1v) is 10.0. The van der Waals surface area contributed by atoms with Crippen molar-refractivity contribution >= 4 is 16.7 Å². The summed E-state index contributed by atoms with van der Waals surface area (Å²) >= 11 is 0. The zero-order valence-electron chi connectivity index (χ0n) is 15.6. The third-order valence-electron chi connectivity index (χ3n) is 6.03. The van der Waals surface area contributed by atoms with E-state index in [1.54, 1.807) is 0 Å². The van der Waals surface area contributed by atoms with Crippen LogP contribution in [0.15, 0.2) is 42.5 Å². The lowest BCUT2D eigenvalue weighted by Crippen LogP contribution is -2.48. The lowest BCUT2D eigenvalue weighted by atomic mass is 9.80. The number of hydrazine groups is 1. The maximum absolute atomic E-state index is 12.4. The summed E-state index contributed by atoms with van der Waals surface area (Å²) in [6.45, 7) is 4.84. The fourth-order valence-corrected chi connectivity index (χ4v) is 4.74. The summed E-state index contributed by atoms with van der Waals surface area (Å²) in [4.78, 5) is 14.5. The van der Waals surface area contributed by atoms with Crippen LogP contribution in [0, 0.1) is 5.92 Å². The van der Waals surface area contributed by atoms with E-state index < -0.39 is 0 Å².